The maximum atomic E-state index is 10.0. The fourth-order valence-electron chi connectivity index (χ4n) is 3.69. The Bertz CT molecular complexity index is 511. The van der Waals surface area contributed by atoms with Crippen molar-refractivity contribution in [2.75, 3.05) is 46.5 Å². The second kappa shape index (κ2) is 7.71. The number of ether oxygens (including phenoxy) is 2. The van der Waals surface area contributed by atoms with Crippen LogP contribution >= 0.6 is 11.6 Å². The Morgan fingerprint density at radius 3 is 2.65 bits per heavy atom. The Labute approximate surface area is 142 Å². The molecule has 2 aliphatic heterocycles. The molecule has 0 radical (unpaired) electrons. The van der Waals surface area contributed by atoms with Gasteiger partial charge in [0, 0.05) is 45.4 Å². The summed E-state index contributed by atoms with van der Waals surface area (Å²) in [5, 5.41) is 13.8. The van der Waals surface area contributed by atoms with Crippen molar-refractivity contribution < 1.29 is 14.6 Å². The second-order valence-corrected chi connectivity index (χ2v) is 6.64. The Kier molecular flexibility index (Phi) is 5.64. The molecule has 2 N–H and O–H groups in total. The number of nitrogens with one attached hydrogen (secondary N) is 1. The number of methoxy groups -OCH3 is 1. The van der Waals surface area contributed by atoms with Crippen LogP contribution in [-0.2, 0) is 4.74 Å². The lowest BCUT2D eigenvalue weighted by Crippen LogP contribution is -2.47. The molecule has 0 spiro atoms. The molecule has 2 fully saturated rings. The van der Waals surface area contributed by atoms with Gasteiger partial charge in [-0.25, -0.2) is 0 Å². The van der Waals surface area contributed by atoms with Crippen molar-refractivity contribution in [3.63, 3.8) is 0 Å². The molecule has 2 heterocycles. The second-order valence-electron chi connectivity index (χ2n) is 6.23. The fourth-order valence-corrected chi connectivity index (χ4v) is 3.91. The quantitative estimate of drug-likeness (QED) is 0.881. The first-order valence-electron chi connectivity index (χ1n) is 8.29. The number of nitrogens with zero attached hydrogens (tertiary/aromatic N) is 1. The molecular formula is C17H25ClN2O3. The zero-order valence-corrected chi connectivity index (χ0v) is 14.3. The average molecular weight is 341 g/mol. The highest BCUT2D eigenvalue weighted by molar-refractivity contribution is 6.32. The maximum absolute atomic E-state index is 10.0. The van der Waals surface area contributed by atoms with Crippen LogP contribution in [-0.4, -0.2) is 56.5 Å². The predicted molar refractivity (Wildman–Crippen MR) is 90.4 cm³/mol. The van der Waals surface area contributed by atoms with Crippen LogP contribution in [0.5, 0.6) is 11.5 Å². The Balaban J connectivity index is 1.94. The summed E-state index contributed by atoms with van der Waals surface area (Å²) in [4.78, 5) is 2.52. The average Bonchev–Trinajstić information content (AvgIpc) is 2.60. The number of phenols is 1. The van der Waals surface area contributed by atoms with E-state index in [4.69, 9.17) is 21.1 Å². The van der Waals surface area contributed by atoms with Gasteiger partial charge in [-0.1, -0.05) is 11.6 Å². The summed E-state index contributed by atoms with van der Waals surface area (Å²) in [6.07, 6.45) is 2.10. The molecule has 0 aliphatic carbocycles. The van der Waals surface area contributed by atoms with Gasteiger partial charge in [-0.2, -0.15) is 0 Å². The zero-order valence-electron chi connectivity index (χ0n) is 13.6. The Morgan fingerprint density at radius 2 is 2.00 bits per heavy atom. The molecule has 1 aromatic rings. The third-order valence-electron chi connectivity index (χ3n) is 4.87. The van der Waals surface area contributed by atoms with Crippen LogP contribution in [0.25, 0.3) is 0 Å². The molecular weight excluding hydrogens is 316 g/mol. The number of benzene rings is 1. The fraction of sp³-hybridized carbons (Fsp3) is 0.647. The van der Waals surface area contributed by atoms with Crippen LogP contribution in [0.1, 0.15) is 24.4 Å². The summed E-state index contributed by atoms with van der Waals surface area (Å²) in [6, 6.07) is 4.11. The van der Waals surface area contributed by atoms with E-state index in [1.54, 1.807) is 7.11 Å². The van der Waals surface area contributed by atoms with Crippen molar-refractivity contribution in [3.05, 3.63) is 22.7 Å². The van der Waals surface area contributed by atoms with Crippen LogP contribution in [0.3, 0.4) is 0 Å². The van der Waals surface area contributed by atoms with E-state index in [2.05, 4.69) is 10.2 Å². The molecule has 1 atom stereocenters. The third kappa shape index (κ3) is 3.74. The molecule has 5 nitrogen and oxygen atoms in total. The number of aromatic hydroxyl groups is 1. The molecule has 0 bridgehead atoms. The summed E-state index contributed by atoms with van der Waals surface area (Å²) in [6.45, 7) is 5.67. The highest BCUT2D eigenvalue weighted by Crippen LogP contribution is 2.42. The van der Waals surface area contributed by atoms with Gasteiger partial charge in [0.2, 0.25) is 0 Å². The first-order valence-corrected chi connectivity index (χ1v) is 8.67. The lowest BCUT2D eigenvalue weighted by atomic mass is 9.85. The Morgan fingerprint density at radius 1 is 1.30 bits per heavy atom. The summed E-state index contributed by atoms with van der Waals surface area (Å²) in [5.74, 6) is 0.996. The summed E-state index contributed by atoms with van der Waals surface area (Å²) in [7, 11) is 1.56. The molecule has 0 unspecified atom stereocenters. The summed E-state index contributed by atoms with van der Waals surface area (Å²) < 4.78 is 10.8. The first-order chi connectivity index (χ1) is 11.2. The van der Waals surface area contributed by atoms with Gasteiger partial charge < -0.3 is 19.9 Å². The number of rotatable bonds is 4. The van der Waals surface area contributed by atoms with Crippen LogP contribution < -0.4 is 10.1 Å². The minimum Gasteiger partial charge on any atom is -0.503 e. The van der Waals surface area contributed by atoms with E-state index < -0.39 is 0 Å². The monoisotopic (exact) mass is 340 g/mol. The van der Waals surface area contributed by atoms with E-state index in [9.17, 15) is 5.11 Å². The number of hydrogen-bond acceptors (Lipinski definition) is 5. The minimum atomic E-state index is 0.0176. The lowest BCUT2D eigenvalue weighted by Gasteiger charge is -2.41. The number of hydrogen-bond donors (Lipinski definition) is 2. The molecule has 1 aromatic carbocycles. The predicted octanol–water partition coefficient (Wildman–Crippen LogP) is 2.43. The van der Waals surface area contributed by atoms with Gasteiger partial charge in [-0.15, -0.1) is 0 Å². The SMILES string of the molecule is COc1cc([C@@H](C2CCOCC2)N2CCNCC2)cc(Cl)c1O. The number of piperazine rings is 1. The molecule has 23 heavy (non-hydrogen) atoms. The largest absolute Gasteiger partial charge is 0.503 e. The molecule has 128 valence electrons. The topological polar surface area (TPSA) is 54.0 Å². The first kappa shape index (κ1) is 16.8. The molecule has 2 saturated heterocycles. The van der Waals surface area contributed by atoms with Crippen molar-refractivity contribution in [1.29, 1.82) is 0 Å². The smallest absolute Gasteiger partial charge is 0.176 e. The van der Waals surface area contributed by atoms with Crippen molar-refractivity contribution in [2.24, 2.45) is 5.92 Å². The normalized spacial score (nSPS) is 22.0. The highest BCUT2D eigenvalue weighted by atomic mass is 35.5. The lowest BCUT2D eigenvalue weighted by molar-refractivity contribution is 0.0212. The van der Waals surface area contributed by atoms with Crippen LogP contribution in [0.2, 0.25) is 5.02 Å². The molecule has 0 amide bonds. The standard InChI is InChI=1S/C17H25ClN2O3/c1-22-15-11-13(10-14(18)17(15)21)16(12-2-8-23-9-3-12)20-6-4-19-5-7-20/h10-12,16,19,21H,2-9H2,1H3/t16-/m1/s1. The van der Waals surface area contributed by atoms with E-state index in [1.165, 1.54) is 0 Å². The van der Waals surface area contributed by atoms with Gasteiger partial charge in [0.15, 0.2) is 11.5 Å². The molecule has 6 heteroatoms. The molecule has 3 rings (SSSR count). The number of phenolic OH excluding ortho intramolecular Hbond substituents is 1. The van der Waals surface area contributed by atoms with Crippen molar-refractivity contribution >= 4 is 11.6 Å². The van der Waals surface area contributed by atoms with Gasteiger partial charge >= 0.3 is 0 Å². The Hall–Kier alpha value is -1.01. The third-order valence-corrected chi connectivity index (χ3v) is 5.16. The minimum absolute atomic E-state index is 0.0176. The van der Waals surface area contributed by atoms with Crippen molar-refractivity contribution in [3.8, 4) is 11.5 Å². The van der Waals surface area contributed by atoms with Gasteiger partial charge in [-0.05, 0) is 36.5 Å². The van der Waals surface area contributed by atoms with Crippen molar-refractivity contribution in [1.82, 2.24) is 10.2 Å². The van der Waals surface area contributed by atoms with E-state index in [-0.39, 0.29) is 11.8 Å². The van der Waals surface area contributed by atoms with Crippen LogP contribution in [0, 0.1) is 5.92 Å². The summed E-state index contributed by atoms with van der Waals surface area (Å²) in [5.41, 5.74) is 1.12. The van der Waals surface area contributed by atoms with Gasteiger partial charge in [0.05, 0.1) is 12.1 Å². The van der Waals surface area contributed by atoms with Crippen LogP contribution in [0.15, 0.2) is 12.1 Å². The molecule has 0 saturated carbocycles. The van der Waals surface area contributed by atoms with E-state index in [0.29, 0.717) is 16.7 Å². The van der Waals surface area contributed by atoms with E-state index >= 15 is 0 Å². The summed E-state index contributed by atoms with van der Waals surface area (Å²) >= 11 is 6.23. The maximum Gasteiger partial charge on any atom is 0.176 e. The van der Waals surface area contributed by atoms with E-state index in [1.807, 2.05) is 12.1 Å². The van der Waals surface area contributed by atoms with Gasteiger partial charge in [-0.3, -0.25) is 4.90 Å². The van der Waals surface area contributed by atoms with Gasteiger partial charge in [0.1, 0.15) is 0 Å². The van der Waals surface area contributed by atoms with E-state index in [0.717, 1.165) is 57.8 Å². The zero-order chi connectivity index (χ0) is 16.2. The number of halogens is 1. The molecule has 0 aromatic heterocycles. The molecule has 2 aliphatic rings. The van der Waals surface area contributed by atoms with Gasteiger partial charge in [0.25, 0.3) is 0 Å². The van der Waals surface area contributed by atoms with Crippen LogP contribution in [0.4, 0.5) is 0 Å². The van der Waals surface area contributed by atoms with Crippen molar-refractivity contribution in [2.45, 2.75) is 18.9 Å². The highest BCUT2D eigenvalue weighted by Gasteiger charge is 2.32.